The maximum absolute atomic E-state index is 11.3. The standard InChI is InChI=1S/C14H12N2O5/c1-9(17)10-5-6-15-14(7-10)21-11-3-4-13(20-2)12(8-11)16(18)19/h3-8H,1-2H3. The number of carbonyl (C=O) groups is 1. The van der Waals surface area contributed by atoms with Gasteiger partial charge in [-0.05, 0) is 25.1 Å². The Kier molecular flexibility index (Phi) is 4.13. The van der Waals surface area contributed by atoms with Crippen LogP contribution in [0.25, 0.3) is 0 Å². The molecule has 2 rings (SSSR count). The van der Waals surface area contributed by atoms with E-state index < -0.39 is 4.92 Å². The Morgan fingerprint density at radius 2 is 2.05 bits per heavy atom. The Morgan fingerprint density at radius 1 is 1.29 bits per heavy atom. The average molecular weight is 288 g/mol. The fraction of sp³-hybridized carbons (Fsp3) is 0.143. The van der Waals surface area contributed by atoms with E-state index in [9.17, 15) is 14.9 Å². The number of hydrogen-bond donors (Lipinski definition) is 0. The molecule has 108 valence electrons. The first kappa shape index (κ1) is 14.4. The predicted octanol–water partition coefficient (Wildman–Crippen LogP) is 2.99. The quantitative estimate of drug-likeness (QED) is 0.477. The van der Waals surface area contributed by atoms with Crippen LogP contribution in [0.3, 0.4) is 0 Å². The van der Waals surface area contributed by atoms with Crippen molar-refractivity contribution in [2.45, 2.75) is 6.92 Å². The third-order valence-corrected chi connectivity index (χ3v) is 2.71. The fourth-order valence-corrected chi connectivity index (χ4v) is 1.68. The van der Waals surface area contributed by atoms with Gasteiger partial charge in [-0.15, -0.1) is 0 Å². The Balaban J connectivity index is 2.31. The molecule has 21 heavy (non-hydrogen) atoms. The molecule has 0 radical (unpaired) electrons. The van der Waals surface area contributed by atoms with Crippen molar-refractivity contribution in [2.75, 3.05) is 7.11 Å². The van der Waals surface area contributed by atoms with Crippen LogP contribution in [0.5, 0.6) is 17.4 Å². The first-order valence-electron chi connectivity index (χ1n) is 5.98. The monoisotopic (exact) mass is 288 g/mol. The number of aromatic nitrogens is 1. The highest BCUT2D eigenvalue weighted by atomic mass is 16.6. The number of Topliss-reactive ketones (excluding diaryl/α,β-unsaturated/α-hetero) is 1. The Bertz CT molecular complexity index is 700. The second-order valence-corrected chi connectivity index (χ2v) is 4.13. The number of methoxy groups -OCH3 is 1. The van der Waals surface area contributed by atoms with Crippen LogP contribution >= 0.6 is 0 Å². The number of ketones is 1. The lowest BCUT2D eigenvalue weighted by Gasteiger charge is -2.07. The van der Waals surface area contributed by atoms with E-state index in [-0.39, 0.29) is 28.8 Å². The molecule has 0 saturated carbocycles. The highest BCUT2D eigenvalue weighted by Crippen LogP contribution is 2.32. The van der Waals surface area contributed by atoms with Crippen molar-refractivity contribution in [2.24, 2.45) is 0 Å². The van der Waals surface area contributed by atoms with Gasteiger partial charge in [0.05, 0.1) is 18.1 Å². The van der Waals surface area contributed by atoms with Gasteiger partial charge in [-0.1, -0.05) is 0 Å². The van der Waals surface area contributed by atoms with Crippen molar-refractivity contribution in [3.05, 3.63) is 52.2 Å². The molecule has 0 aliphatic carbocycles. The van der Waals surface area contributed by atoms with Gasteiger partial charge < -0.3 is 9.47 Å². The zero-order chi connectivity index (χ0) is 15.4. The summed E-state index contributed by atoms with van der Waals surface area (Å²) in [6.45, 7) is 1.43. The average Bonchev–Trinajstić information content (AvgIpc) is 2.47. The Hall–Kier alpha value is -2.96. The van der Waals surface area contributed by atoms with Crippen LogP contribution in [-0.2, 0) is 0 Å². The molecule has 0 spiro atoms. The van der Waals surface area contributed by atoms with E-state index in [1.165, 1.54) is 44.5 Å². The summed E-state index contributed by atoms with van der Waals surface area (Å²) in [6, 6.07) is 7.22. The van der Waals surface area contributed by atoms with Crippen molar-refractivity contribution in [3.8, 4) is 17.4 Å². The maximum atomic E-state index is 11.3. The molecule has 7 nitrogen and oxygen atoms in total. The molecular formula is C14H12N2O5. The molecule has 0 atom stereocenters. The summed E-state index contributed by atoms with van der Waals surface area (Å²) in [7, 11) is 1.35. The molecule has 2 aromatic rings. The lowest BCUT2D eigenvalue weighted by atomic mass is 10.2. The zero-order valence-corrected chi connectivity index (χ0v) is 11.4. The molecule has 7 heteroatoms. The van der Waals surface area contributed by atoms with Crippen LogP contribution in [0.4, 0.5) is 5.69 Å². The molecule has 0 N–H and O–H groups in total. The van der Waals surface area contributed by atoms with Crippen molar-refractivity contribution in [3.63, 3.8) is 0 Å². The molecule has 0 amide bonds. The molecule has 0 aliphatic rings. The summed E-state index contributed by atoms with van der Waals surface area (Å²) < 4.78 is 10.3. The smallest absolute Gasteiger partial charge is 0.314 e. The molecule has 0 fully saturated rings. The van der Waals surface area contributed by atoms with Gasteiger partial charge >= 0.3 is 5.69 Å². The molecule has 1 aromatic heterocycles. The lowest BCUT2D eigenvalue weighted by Crippen LogP contribution is -1.97. The number of nitro benzene ring substituents is 1. The number of hydrogen-bond acceptors (Lipinski definition) is 6. The largest absolute Gasteiger partial charge is 0.490 e. The number of rotatable bonds is 5. The minimum absolute atomic E-state index is 0.122. The van der Waals surface area contributed by atoms with E-state index in [2.05, 4.69) is 4.98 Å². The highest BCUT2D eigenvalue weighted by Gasteiger charge is 2.16. The van der Waals surface area contributed by atoms with Crippen molar-refractivity contribution in [1.29, 1.82) is 0 Å². The van der Waals surface area contributed by atoms with Crippen LogP contribution in [0.2, 0.25) is 0 Å². The molecular weight excluding hydrogens is 276 g/mol. The first-order chi connectivity index (χ1) is 10.0. The van der Waals surface area contributed by atoms with Gasteiger partial charge in [0.1, 0.15) is 5.75 Å². The van der Waals surface area contributed by atoms with Crippen LogP contribution in [0.1, 0.15) is 17.3 Å². The second-order valence-electron chi connectivity index (χ2n) is 4.13. The predicted molar refractivity (Wildman–Crippen MR) is 74.0 cm³/mol. The summed E-state index contributed by atoms with van der Waals surface area (Å²) >= 11 is 0. The van der Waals surface area contributed by atoms with E-state index in [0.29, 0.717) is 5.56 Å². The molecule has 1 aromatic carbocycles. The molecule has 1 heterocycles. The maximum Gasteiger partial charge on any atom is 0.314 e. The Morgan fingerprint density at radius 3 is 2.67 bits per heavy atom. The highest BCUT2D eigenvalue weighted by molar-refractivity contribution is 5.94. The molecule has 0 bridgehead atoms. The third kappa shape index (κ3) is 3.33. The summed E-state index contributed by atoms with van der Waals surface area (Å²) in [5.74, 6) is 0.429. The van der Waals surface area contributed by atoms with Crippen LogP contribution in [0.15, 0.2) is 36.5 Å². The van der Waals surface area contributed by atoms with E-state index in [1.54, 1.807) is 6.07 Å². The van der Waals surface area contributed by atoms with Crippen LogP contribution in [0, 0.1) is 10.1 Å². The SMILES string of the molecule is COc1ccc(Oc2cc(C(C)=O)ccn2)cc1[N+](=O)[O-]. The number of ether oxygens (including phenoxy) is 2. The van der Waals surface area contributed by atoms with Crippen molar-refractivity contribution < 1.29 is 19.2 Å². The number of nitro groups is 1. The minimum Gasteiger partial charge on any atom is -0.490 e. The number of carbonyl (C=O) groups excluding carboxylic acids is 1. The minimum atomic E-state index is -0.564. The topological polar surface area (TPSA) is 91.6 Å². The number of benzene rings is 1. The van der Waals surface area contributed by atoms with Gasteiger partial charge in [0, 0.05) is 17.8 Å². The summed E-state index contributed by atoms with van der Waals surface area (Å²) in [6.07, 6.45) is 1.43. The van der Waals surface area contributed by atoms with Gasteiger partial charge in [0.15, 0.2) is 11.5 Å². The van der Waals surface area contributed by atoms with Gasteiger partial charge in [-0.2, -0.15) is 0 Å². The van der Waals surface area contributed by atoms with Crippen molar-refractivity contribution >= 4 is 11.5 Å². The summed E-state index contributed by atoms with van der Waals surface area (Å²) in [5.41, 5.74) is 0.237. The van der Waals surface area contributed by atoms with Crippen LogP contribution < -0.4 is 9.47 Å². The van der Waals surface area contributed by atoms with Gasteiger partial charge in [0.2, 0.25) is 5.88 Å². The lowest BCUT2D eigenvalue weighted by molar-refractivity contribution is -0.385. The van der Waals surface area contributed by atoms with E-state index in [1.807, 2.05) is 0 Å². The summed E-state index contributed by atoms with van der Waals surface area (Å²) in [5, 5.41) is 10.9. The number of pyridine rings is 1. The molecule has 0 unspecified atom stereocenters. The zero-order valence-electron chi connectivity index (χ0n) is 11.4. The summed E-state index contributed by atoms with van der Waals surface area (Å²) in [4.78, 5) is 25.6. The second kappa shape index (κ2) is 6.00. The van der Waals surface area contributed by atoms with Gasteiger partial charge in [-0.3, -0.25) is 14.9 Å². The van der Waals surface area contributed by atoms with Crippen molar-refractivity contribution in [1.82, 2.24) is 4.98 Å². The Labute approximate surface area is 120 Å². The van der Waals surface area contributed by atoms with E-state index >= 15 is 0 Å². The molecule has 0 aliphatic heterocycles. The first-order valence-corrected chi connectivity index (χ1v) is 5.98. The third-order valence-electron chi connectivity index (χ3n) is 2.71. The van der Waals surface area contributed by atoms with E-state index in [0.717, 1.165) is 0 Å². The fourth-order valence-electron chi connectivity index (χ4n) is 1.68. The van der Waals surface area contributed by atoms with E-state index in [4.69, 9.17) is 9.47 Å². The number of nitrogens with zero attached hydrogens (tertiary/aromatic N) is 2. The normalized spacial score (nSPS) is 10.0. The van der Waals surface area contributed by atoms with Gasteiger partial charge in [-0.25, -0.2) is 4.98 Å². The van der Waals surface area contributed by atoms with Crippen LogP contribution in [-0.4, -0.2) is 22.8 Å². The van der Waals surface area contributed by atoms with Gasteiger partial charge in [0.25, 0.3) is 0 Å². The molecule has 0 saturated heterocycles.